The summed E-state index contributed by atoms with van der Waals surface area (Å²) in [6, 6.07) is 16.3. The van der Waals surface area contributed by atoms with Crippen LogP contribution in [0, 0.1) is 6.92 Å². The molecule has 0 atom stereocenters. The summed E-state index contributed by atoms with van der Waals surface area (Å²) in [5.41, 5.74) is 8.64. The molecule has 4 nitrogen and oxygen atoms in total. The van der Waals surface area contributed by atoms with Crippen LogP contribution in [0.2, 0.25) is 0 Å². The zero-order chi connectivity index (χ0) is 19.8. The van der Waals surface area contributed by atoms with Gasteiger partial charge in [-0.1, -0.05) is 42.5 Å². The lowest BCUT2D eigenvalue weighted by molar-refractivity contribution is 0.0342. The highest BCUT2D eigenvalue weighted by Gasteiger charge is 2.32. The highest BCUT2D eigenvalue weighted by atomic mass is 32.1. The third-order valence-electron chi connectivity index (χ3n) is 5.62. The molecule has 1 aliphatic carbocycles. The number of ketones is 1. The number of aryl methyl sites for hydroxylation is 1. The topological polar surface area (TPSA) is 42.4 Å². The molecule has 0 spiro atoms. The fraction of sp³-hybridized carbons (Fsp3) is 0.250. The van der Waals surface area contributed by atoms with Gasteiger partial charge in [-0.3, -0.25) is 9.69 Å². The Balaban J connectivity index is 1.60. The molecule has 2 aliphatic rings. The summed E-state index contributed by atoms with van der Waals surface area (Å²) < 4.78 is 5.46. The number of morpholine rings is 1. The van der Waals surface area contributed by atoms with E-state index in [1.807, 2.05) is 36.7 Å². The average molecular weight is 403 g/mol. The first kappa shape index (κ1) is 18.4. The third kappa shape index (κ3) is 3.35. The smallest absolute Gasteiger partial charge is 0.194 e. The minimum atomic E-state index is 0.104. The van der Waals surface area contributed by atoms with Crippen LogP contribution in [-0.2, 0) is 11.3 Å². The quantitative estimate of drug-likeness (QED) is 0.647. The standard InChI is InChI=1S/C24H22N2O2S/c1-16-24(29-15-25-16)22-19-7-2-3-8-20(19)23(27)21(22)18-6-4-5-17(13-18)14-26-9-11-28-12-10-26/h2-8,13,15H,9-12,14H2,1H3. The molecule has 5 rings (SSSR count). The monoisotopic (exact) mass is 402 g/mol. The highest BCUT2D eigenvalue weighted by molar-refractivity contribution is 7.11. The van der Waals surface area contributed by atoms with Crippen molar-refractivity contribution >= 4 is 28.3 Å². The predicted octanol–water partition coefficient (Wildman–Crippen LogP) is 4.44. The molecule has 1 saturated heterocycles. The molecule has 0 N–H and O–H groups in total. The van der Waals surface area contributed by atoms with Gasteiger partial charge in [0.25, 0.3) is 0 Å². The summed E-state index contributed by atoms with van der Waals surface area (Å²) in [6.07, 6.45) is 0. The minimum absolute atomic E-state index is 0.104. The number of aromatic nitrogens is 1. The summed E-state index contributed by atoms with van der Waals surface area (Å²) in [7, 11) is 0. The molecule has 0 radical (unpaired) electrons. The van der Waals surface area contributed by atoms with Crippen molar-refractivity contribution in [3.63, 3.8) is 0 Å². The van der Waals surface area contributed by atoms with Crippen molar-refractivity contribution in [2.24, 2.45) is 0 Å². The molecule has 0 unspecified atom stereocenters. The number of Topliss-reactive ketones (excluding diaryl/α,β-unsaturated/α-hetero) is 1. The Morgan fingerprint density at radius 2 is 1.83 bits per heavy atom. The molecule has 1 aliphatic heterocycles. The molecule has 1 fully saturated rings. The Morgan fingerprint density at radius 3 is 2.59 bits per heavy atom. The second-order valence-electron chi connectivity index (χ2n) is 7.48. The van der Waals surface area contributed by atoms with Crippen LogP contribution in [0.25, 0.3) is 11.1 Å². The summed E-state index contributed by atoms with van der Waals surface area (Å²) in [6.45, 7) is 6.35. The first-order valence-electron chi connectivity index (χ1n) is 9.90. The van der Waals surface area contributed by atoms with Crippen molar-refractivity contribution < 1.29 is 9.53 Å². The number of hydrogen-bond donors (Lipinski definition) is 0. The largest absolute Gasteiger partial charge is 0.379 e. The average Bonchev–Trinajstić information content (AvgIpc) is 3.30. The van der Waals surface area contributed by atoms with Crippen LogP contribution in [0.4, 0.5) is 0 Å². The number of nitrogens with zero attached hydrogens (tertiary/aromatic N) is 2. The molecule has 2 heterocycles. The van der Waals surface area contributed by atoms with Crippen molar-refractivity contribution in [2.45, 2.75) is 13.5 Å². The molecule has 0 saturated carbocycles. The molecule has 2 aromatic carbocycles. The Morgan fingerprint density at radius 1 is 1.03 bits per heavy atom. The Labute approximate surface area is 174 Å². The van der Waals surface area contributed by atoms with Gasteiger partial charge in [0.1, 0.15) is 0 Å². The molecule has 0 bridgehead atoms. The fourth-order valence-corrected chi connectivity index (χ4v) is 5.05. The van der Waals surface area contributed by atoms with E-state index < -0.39 is 0 Å². The molecule has 5 heteroatoms. The Hall–Kier alpha value is -2.60. The number of ether oxygens (including phenoxy) is 1. The van der Waals surface area contributed by atoms with Gasteiger partial charge in [-0.05, 0) is 29.7 Å². The highest BCUT2D eigenvalue weighted by Crippen LogP contribution is 2.44. The van der Waals surface area contributed by atoms with Crippen LogP contribution in [-0.4, -0.2) is 42.0 Å². The molecule has 3 aromatic rings. The third-order valence-corrected chi connectivity index (χ3v) is 6.56. The van der Waals surface area contributed by atoms with Gasteiger partial charge >= 0.3 is 0 Å². The predicted molar refractivity (Wildman–Crippen MR) is 116 cm³/mol. The second-order valence-corrected chi connectivity index (χ2v) is 8.34. The number of rotatable bonds is 4. The number of carbonyl (C=O) groups excluding carboxylic acids is 1. The van der Waals surface area contributed by atoms with Crippen LogP contribution >= 0.6 is 11.3 Å². The molecule has 29 heavy (non-hydrogen) atoms. The Bertz CT molecular complexity index is 1110. The Kier molecular flexibility index (Phi) is 4.87. The van der Waals surface area contributed by atoms with Gasteiger partial charge in [0.05, 0.1) is 29.3 Å². The van der Waals surface area contributed by atoms with Gasteiger partial charge in [-0.25, -0.2) is 4.98 Å². The summed E-state index contributed by atoms with van der Waals surface area (Å²) >= 11 is 1.60. The van der Waals surface area contributed by atoms with Crippen LogP contribution in [0.15, 0.2) is 54.0 Å². The van der Waals surface area contributed by atoms with Gasteiger partial charge in [-0.2, -0.15) is 0 Å². The van der Waals surface area contributed by atoms with Crippen LogP contribution in [0.3, 0.4) is 0 Å². The first-order chi connectivity index (χ1) is 14.2. The van der Waals surface area contributed by atoms with Crippen molar-refractivity contribution in [3.05, 3.63) is 86.9 Å². The number of fused-ring (bicyclic) bond motifs is 1. The number of benzene rings is 2. The SMILES string of the molecule is Cc1ncsc1C1=C(c2cccc(CN3CCOCC3)c2)C(=O)c2ccccc21. The fourth-order valence-electron chi connectivity index (χ4n) is 4.18. The van der Waals surface area contributed by atoms with Gasteiger partial charge < -0.3 is 4.74 Å². The number of allylic oxidation sites excluding steroid dienone is 1. The van der Waals surface area contributed by atoms with Crippen molar-refractivity contribution in [3.8, 4) is 0 Å². The normalized spacial score (nSPS) is 17.1. The number of hydrogen-bond acceptors (Lipinski definition) is 5. The van der Waals surface area contributed by atoms with E-state index in [1.54, 1.807) is 11.3 Å². The van der Waals surface area contributed by atoms with E-state index in [2.05, 4.69) is 34.1 Å². The summed E-state index contributed by atoms with van der Waals surface area (Å²) in [4.78, 5) is 21.3. The molecule has 146 valence electrons. The van der Waals surface area contributed by atoms with E-state index >= 15 is 0 Å². The molecular weight excluding hydrogens is 380 g/mol. The molecule has 1 aromatic heterocycles. The maximum Gasteiger partial charge on any atom is 0.194 e. The number of carbonyl (C=O) groups is 1. The van der Waals surface area contributed by atoms with Crippen LogP contribution < -0.4 is 0 Å². The van der Waals surface area contributed by atoms with E-state index in [0.29, 0.717) is 0 Å². The van der Waals surface area contributed by atoms with Crippen molar-refractivity contribution in [1.29, 1.82) is 0 Å². The lowest BCUT2D eigenvalue weighted by atomic mass is 9.96. The maximum atomic E-state index is 13.4. The van der Waals surface area contributed by atoms with Gasteiger partial charge in [0, 0.05) is 36.3 Å². The van der Waals surface area contributed by atoms with Gasteiger partial charge in [0.15, 0.2) is 5.78 Å². The lowest BCUT2D eigenvalue weighted by Gasteiger charge is -2.26. The number of thiazole rings is 1. The maximum absolute atomic E-state index is 13.4. The summed E-state index contributed by atoms with van der Waals surface area (Å²) in [5.74, 6) is 0.104. The minimum Gasteiger partial charge on any atom is -0.379 e. The van der Waals surface area contributed by atoms with E-state index in [9.17, 15) is 4.79 Å². The molecule has 0 amide bonds. The van der Waals surface area contributed by atoms with Gasteiger partial charge in [0.2, 0.25) is 0 Å². The van der Waals surface area contributed by atoms with Crippen molar-refractivity contribution in [2.75, 3.05) is 26.3 Å². The lowest BCUT2D eigenvalue weighted by Crippen LogP contribution is -2.35. The van der Waals surface area contributed by atoms with E-state index in [-0.39, 0.29) is 5.78 Å². The van der Waals surface area contributed by atoms with E-state index in [0.717, 1.165) is 71.3 Å². The van der Waals surface area contributed by atoms with Crippen LogP contribution in [0.5, 0.6) is 0 Å². The summed E-state index contributed by atoms with van der Waals surface area (Å²) in [5, 5.41) is 0. The zero-order valence-electron chi connectivity index (χ0n) is 16.4. The van der Waals surface area contributed by atoms with Gasteiger partial charge in [-0.15, -0.1) is 11.3 Å². The second kappa shape index (κ2) is 7.67. The van der Waals surface area contributed by atoms with E-state index in [4.69, 9.17) is 4.74 Å². The zero-order valence-corrected chi connectivity index (χ0v) is 17.2. The molecular formula is C24H22N2O2S. The first-order valence-corrected chi connectivity index (χ1v) is 10.8. The van der Waals surface area contributed by atoms with Crippen LogP contribution in [0.1, 0.15) is 37.6 Å². The van der Waals surface area contributed by atoms with Crippen molar-refractivity contribution in [1.82, 2.24) is 9.88 Å². The van der Waals surface area contributed by atoms with E-state index in [1.165, 1.54) is 5.56 Å².